The summed E-state index contributed by atoms with van der Waals surface area (Å²) < 4.78 is 0. The zero-order chi connectivity index (χ0) is 15.6. The second-order valence-corrected chi connectivity index (χ2v) is 7.04. The number of nitrogens with one attached hydrogen (secondary N) is 1. The molecular formula is C18H29Cl2N3O. The van der Waals surface area contributed by atoms with Crippen LogP contribution in [0, 0.1) is 5.92 Å². The van der Waals surface area contributed by atoms with Crippen LogP contribution >= 0.6 is 24.8 Å². The van der Waals surface area contributed by atoms with Crippen molar-refractivity contribution in [1.82, 2.24) is 0 Å². The first-order valence-electron chi connectivity index (χ1n) is 8.51. The van der Waals surface area contributed by atoms with Gasteiger partial charge in [-0.05, 0) is 50.8 Å². The van der Waals surface area contributed by atoms with Crippen LogP contribution in [0.5, 0.6) is 0 Å². The highest BCUT2D eigenvalue weighted by molar-refractivity contribution is 5.94. The number of hydrogen-bond acceptors (Lipinski definition) is 3. The fourth-order valence-electron chi connectivity index (χ4n) is 3.77. The molecule has 0 aromatic heterocycles. The third-order valence-corrected chi connectivity index (χ3v) is 5.16. The number of halogens is 2. The van der Waals surface area contributed by atoms with E-state index in [9.17, 15) is 4.79 Å². The predicted molar refractivity (Wildman–Crippen MR) is 106 cm³/mol. The van der Waals surface area contributed by atoms with E-state index < -0.39 is 0 Å². The van der Waals surface area contributed by atoms with Crippen molar-refractivity contribution in [3.8, 4) is 0 Å². The van der Waals surface area contributed by atoms with Crippen LogP contribution < -0.4 is 16.0 Å². The minimum absolute atomic E-state index is 0. The minimum atomic E-state index is -0.380. The summed E-state index contributed by atoms with van der Waals surface area (Å²) in [5.74, 6) is -0.0139. The van der Waals surface area contributed by atoms with Gasteiger partial charge in [-0.2, -0.15) is 0 Å². The van der Waals surface area contributed by atoms with Crippen molar-refractivity contribution in [2.24, 2.45) is 11.7 Å². The predicted octanol–water partition coefficient (Wildman–Crippen LogP) is 3.98. The van der Waals surface area contributed by atoms with Crippen LogP contribution in [-0.4, -0.2) is 24.5 Å². The molecule has 2 aliphatic rings. The molecule has 1 aliphatic heterocycles. The third-order valence-electron chi connectivity index (χ3n) is 5.16. The van der Waals surface area contributed by atoms with E-state index in [0.717, 1.165) is 44.5 Å². The minimum Gasteiger partial charge on any atom is -0.371 e. The quantitative estimate of drug-likeness (QED) is 0.842. The average molecular weight is 374 g/mol. The van der Waals surface area contributed by atoms with E-state index in [4.69, 9.17) is 5.73 Å². The van der Waals surface area contributed by atoms with Gasteiger partial charge in [0.15, 0.2) is 0 Å². The highest BCUT2D eigenvalue weighted by Crippen LogP contribution is 2.33. The van der Waals surface area contributed by atoms with Gasteiger partial charge in [-0.15, -0.1) is 24.8 Å². The second-order valence-electron chi connectivity index (χ2n) is 7.04. The summed E-state index contributed by atoms with van der Waals surface area (Å²) in [6, 6.07) is 8.19. The van der Waals surface area contributed by atoms with Gasteiger partial charge in [-0.1, -0.05) is 18.9 Å². The molecule has 1 aromatic carbocycles. The van der Waals surface area contributed by atoms with E-state index in [0.29, 0.717) is 0 Å². The zero-order valence-corrected chi connectivity index (χ0v) is 15.9. The molecular weight excluding hydrogens is 345 g/mol. The summed E-state index contributed by atoms with van der Waals surface area (Å²) in [6.45, 7) is 4.23. The number of nitrogens with zero attached hydrogens (tertiary/aromatic N) is 1. The number of carbonyl (C=O) groups excluding carboxylic acids is 1. The number of carbonyl (C=O) groups is 1. The Bertz CT molecular complexity index is 545. The van der Waals surface area contributed by atoms with Gasteiger partial charge in [0.05, 0.1) is 5.92 Å². The summed E-state index contributed by atoms with van der Waals surface area (Å²) >= 11 is 0. The van der Waals surface area contributed by atoms with Crippen molar-refractivity contribution in [2.45, 2.75) is 51.0 Å². The van der Waals surface area contributed by atoms with Gasteiger partial charge in [-0.3, -0.25) is 4.79 Å². The first-order chi connectivity index (χ1) is 10.6. The van der Waals surface area contributed by atoms with Crippen LogP contribution in [0.1, 0.15) is 45.4 Å². The Morgan fingerprint density at radius 3 is 2.58 bits per heavy atom. The van der Waals surface area contributed by atoms with Crippen LogP contribution in [0.15, 0.2) is 24.3 Å². The van der Waals surface area contributed by atoms with E-state index in [1.165, 1.54) is 18.5 Å². The molecule has 0 radical (unpaired) electrons. The Morgan fingerprint density at radius 1 is 1.21 bits per heavy atom. The van der Waals surface area contributed by atoms with E-state index in [2.05, 4.69) is 22.3 Å². The highest BCUT2D eigenvalue weighted by Gasteiger charge is 2.37. The van der Waals surface area contributed by atoms with Gasteiger partial charge >= 0.3 is 0 Å². The van der Waals surface area contributed by atoms with Crippen LogP contribution in [0.4, 0.5) is 11.4 Å². The molecule has 2 unspecified atom stereocenters. The molecule has 24 heavy (non-hydrogen) atoms. The zero-order valence-electron chi connectivity index (χ0n) is 14.3. The van der Waals surface area contributed by atoms with Crippen molar-refractivity contribution in [1.29, 1.82) is 0 Å². The van der Waals surface area contributed by atoms with Crippen LogP contribution in [-0.2, 0) is 4.79 Å². The molecule has 1 heterocycles. The molecule has 1 aromatic rings. The molecule has 1 saturated heterocycles. The summed E-state index contributed by atoms with van der Waals surface area (Å²) in [6.07, 6.45) is 6.55. The molecule has 1 saturated carbocycles. The molecule has 2 atom stereocenters. The number of nitrogens with two attached hydrogens (primary N) is 1. The van der Waals surface area contributed by atoms with Gasteiger partial charge in [0.1, 0.15) is 0 Å². The maximum Gasteiger partial charge on any atom is 0.229 e. The molecule has 6 heteroatoms. The number of rotatable bonds is 3. The number of hydrogen-bond donors (Lipinski definition) is 2. The molecule has 2 fully saturated rings. The van der Waals surface area contributed by atoms with Crippen LogP contribution in [0.2, 0.25) is 0 Å². The number of anilines is 2. The molecule has 0 bridgehead atoms. The summed E-state index contributed by atoms with van der Waals surface area (Å²) in [4.78, 5) is 15.0. The number of amides is 1. The maximum atomic E-state index is 12.6. The van der Waals surface area contributed by atoms with E-state index in [1.54, 1.807) is 0 Å². The molecule has 3 N–H and O–H groups in total. The van der Waals surface area contributed by atoms with Crippen LogP contribution in [0.3, 0.4) is 0 Å². The Kier molecular flexibility index (Phi) is 7.84. The van der Waals surface area contributed by atoms with Gasteiger partial charge in [0.25, 0.3) is 0 Å². The monoisotopic (exact) mass is 373 g/mol. The molecule has 1 amide bonds. The number of benzene rings is 1. The largest absolute Gasteiger partial charge is 0.371 e. The lowest BCUT2D eigenvalue weighted by atomic mass is 9.74. The van der Waals surface area contributed by atoms with E-state index in [-0.39, 0.29) is 42.2 Å². The van der Waals surface area contributed by atoms with Crippen LogP contribution in [0.25, 0.3) is 0 Å². The summed E-state index contributed by atoms with van der Waals surface area (Å²) in [5.41, 5.74) is 8.05. The van der Waals surface area contributed by atoms with E-state index >= 15 is 0 Å². The third kappa shape index (κ3) is 4.78. The maximum absolute atomic E-state index is 12.6. The Morgan fingerprint density at radius 2 is 1.92 bits per heavy atom. The standard InChI is InChI=1S/C18H27N3O.2ClH/c1-18(19)10-3-2-9-16(18)17(22)20-14-7-6-8-15(13-14)21-11-4-5-12-21;;/h6-8,13,16H,2-5,9-12,19H2,1H3,(H,20,22);2*1H. The first kappa shape index (κ1) is 21.1. The molecule has 1 aliphatic carbocycles. The summed E-state index contributed by atoms with van der Waals surface area (Å²) in [7, 11) is 0. The smallest absolute Gasteiger partial charge is 0.229 e. The lowest BCUT2D eigenvalue weighted by molar-refractivity contribution is -0.122. The molecule has 3 rings (SSSR count). The van der Waals surface area contributed by atoms with Crippen molar-refractivity contribution in [3.63, 3.8) is 0 Å². The van der Waals surface area contributed by atoms with Crippen molar-refractivity contribution in [2.75, 3.05) is 23.3 Å². The molecule has 4 nitrogen and oxygen atoms in total. The van der Waals surface area contributed by atoms with Crippen molar-refractivity contribution < 1.29 is 4.79 Å². The second kappa shape index (κ2) is 8.93. The average Bonchev–Trinajstić information content (AvgIpc) is 3.01. The first-order valence-corrected chi connectivity index (χ1v) is 8.51. The van der Waals surface area contributed by atoms with Gasteiger partial charge in [0, 0.05) is 30.0 Å². The Labute approximate surface area is 157 Å². The van der Waals surface area contributed by atoms with E-state index in [1.807, 2.05) is 19.1 Å². The summed E-state index contributed by atoms with van der Waals surface area (Å²) in [5, 5.41) is 3.09. The lowest BCUT2D eigenvalue weighted by Gasteiger charge is -2.37. The van der Waals surface area contributed by atoms with Gasteiger partial charge in [-0.25, -0.2) is 0 Å². The molecule has 0 spiro atoms. The van der Waals surface area contributed by atoms with Gasteiger partial charge in [0.2, 0.25) is 5.91 Å². The highest BCUT2D eigenvalue weighted by atomic mass is 35.5. The fraction of sp³-hybridized carbons (Fsp3) is 0.611. The lowest BCUT2D eigenvalue weighted by Crippen LogP contribution is -2.51. The Balaban J connectivity index is 0.00000144. The Hall–Kier alpha value is -0.970. The van der Waals surface area contributed by atoms with Gasteiger partial charge < -0.3 is 16.0 Å². The topological polar surface area (TPSA) is 58.4 Å². The molecule has 136 valence electrons. The van der Waals surface area contributed by atoms with Crippen molar-refractivity contribution in [3.05, 3.63) is 24.3 Å². The SMILES string of the molecule is CC1(N)CCCCC1C(=O)Nc1cccc(N2CCCC2)c1.Cl.Cl. The fourth-order valence-corrected chi connectivity index (χ4v) is 3.77. The normalized spacial score (nSPS) is 26.2. The van der Waals surface area contributed by atoms with Crippen molar-refractivity contribution >= 4 is 42.1 Å².